The lowest BCUT2D eigenvalue weighted by Gasteiger charge is -2.00. The van der Waals surface area contributed by atoms with Gasteiger partial charge in [-0.15, -0.1) is 0 Å². The average Bonchev–Trinajstić information content (AvgIpc) is 3.65. The molecule has 0 radical (unpaired) electrons. The van der Waals surface area contributed by atoms with Crippen LogP contribution < -0.4 is 21.7 Å². The molecule has 0 amide bonds. The molecule has 4 aliphatic rings. The van der Waals surface area contributed by atoms with E-state index in [2.05, 4.69) is 42.1 Å². The van der Waals surface area contributed by atoms with Gasteiger partial charge in [0, 0.05) is 24.9 Å². The second-order valence-corrected chi connectivity index (χ2v) is 9.35. The van der Waals surface area contributed by atoms with Crippen molar-refractivity contribution in [3.8, 4) is 0 Å². The highest BCUT2D eigenvalue weighted by molar-refractivity contribution is 5.86. The third kappa shape index (κ3) is 8.86. The first-order valence-electron chi connectivity index (χ1n) is 14.1. The van der Waals surface area contributed by atoms with Crippen LogP contribution in [0.5, 0.6) is 0 Å². The van der Waals surface area contributed by atoms with Crippen LogP contribution in [0, 0.1) is 0 Å². The number of para-hydroxylation sites is 4. The zero-order valence-corrected chi connectivity index (χ0v) is 24.0. The SMILES string of the molecule is C1=Cc2ccccc2NN=C1.C1=Cc2ccccc2NN=C1.C1=Cc2ccccc2NN=C1.C1=Cc2ccccc2NN=C1. The molecule has 44 heavy (non-hydrogen) atoms. The molecule has 4 aliphatic heterocycles. The lowest BCUT2D eigenvalue weighted by Crippen LogP contribution is -1.87. The van der Waals surface area contributed by atoms with Gasteiger partial charge in [-0.1, -0.05) is 97.1 Å². The number of hydrazone groups is 4. The Morgan fingerprint density at radius 2 is 0.523 bits per heavy atom. The number of hydrogen-bond acceptors (Lipinski definition) is 8. The van der Waals surface area contributed by atoms with Gasteiger partial charge in [0.15, 0.2) is 0 Å². The highest BCUT2D eigenvalue weighted by atomic mass is 15.3. The zero-order chi connectivity index (χ0) is 30.1. The van der Waals surface area contributed by atoms with Gasteiger partial charge in [0.1, 0.15) is 0 Å². The number of allylic oxidation sites excluding steroid dienone is 4. The van der Waals surface area contributed by atoms with E-state index in [1.807, 2.05) is 146 Å². The Labute approximate surface area is 257 Å². The van der Waals surface area contributed by atoms with Crippen molar-refractivity contribution in [1.82, 2.24) is 0 Å². The first kappa shape index (κ1) is 29.2. The molecule has 4 heterocycles. The van der Waals surface area contributed by atoms with Crippen molar-refractivity contribution in [2.75, 3.05) is 21.7 Å². The summed E-state index contributed by atoms with van der Waals surface area (Å²) < 4.78 is 0. The minimum absolute atomic E-state index is 1.05. The summed E-state index contributed by atoms with van der Waals surface area (Å²) in [6.45, 7) is 0. The maximum atomic E-state index is 3.95. The standard InChI is InChI=1S/4C9H8N2/c4*1-2-6-9-8(4-1)5-3-7-10-11-9/h4*1-7,11H. The van der Waals surface area contributed by atoms with Crippen LogP contribution in [0.25, 0.3) is 24.3 Å². The maximum Gasteiger partial charge on any atom is 0.0634 e. The first-order chi connectivity index (χ1) is 21.9. The van der Waals surface area contributed by atoms with Crippen LogP contribution in [0.4, 0.5) is 22.7 Å². The van der Waals surface area contributed by atoms with E-state index in [4.69, 9.17) is 0 Å². The quantitative estimate of drug-likeness (QED) is 0.169. The highest BCUT2D eigenvalue weighted by Crippen LogP contribution is 2.19. The van der Waals surface area contributed by atoms with Crippen LogP contribution >= 0.6 is 0 Å². The van der Waals surface area contributed by atoms with Gasteiger partial charge >= 0.3 is 0 Å². The van der Waals surface area contributed by atoms with E-state index >= 15 is 0 Å². The van der Waals surface area contributed by atoms with Crippen LogP contribution in [0.2, 0.25) is 0 Å². The molecule has 0 aromatic heterocycles. The third-order valence-electron chi connectivity index (χ3n) is 6.33. The lowest BCUT2D eigenvalue weighted by atomic mass is 10.2. The number of nitrogens with one attached hydrogen (secondary N) is 4. The van der Waals surface area contributed by atoms with E-state index in [-0.39, 0.29) is 0 Å². The molecule has 0 aliphatic carbocycles. The summed E-state index contributed by atoms with van der Waals surface area (Å²) >= 11 is 0. The van der Waals surface area contributed by atoms with Gasteiger partial charge in [-0.2, -0.15) is 20.4 Å². The van der Waals surface area contributed by atoms with Gasteiger partial charge in [0.25, 0.3) is 0 Å². The fraction of sp³-hybridized carbons (Fsp3) is 0. The molecule has 0 atom stereocenters. The van der Waals surface area contributed by atoms with E-state index < -0.39 is 0 Å². The third-order valence-corrected chi connectivity index (χ3v) is 6.33. The molecular formula is C36H32N8. The van der Waals surface area contributed by atoms with Crippen molar-refractivity contribution in [2.45, 2.75) is 0 Å². The van der Waals surface area contributed by atoms with Crippen LogP contribution in [-0.4, -0.2) is 24.9 Å². The smallest absolute Gasteiger partial charge is 0.0634 e. The summed E-state index contributed by atoms with van der Waals surface area (Å²) in [6.07, 6.45) is 22.7. The molecule has 0 unspecified atom stereocenters. The van der Waals surface area contributed by atoms with Gasteiger partial charge in [-0.05, 0) is 70.8 Å². The van der Waals surface area contributed by atoms with E-state index in [1.165, 1.54) is 22.3 Å². The maximum absolute atomic E-state index is 3.95. The summed E-state index contributed by atoms with van der Waals surface area (Å²) in [5.41, 5.74) is 20.6. The van der Waals surface area contributed by atoms with Crippen molar-refractivity contribution in [1.29, 1.82) is 0 Å². The monoisotopic (exact) mass is 576 g/mol. The minimum Gasteiger partial charge on any atom is -0.278 e. The summed E-state index contributed by atoms with van der Waals surface area (Å²) in [5, 5.41) is 15.8. The first-order valence-corrected chi connectivity index (χ1v) is 14.1. The molecule has 0 spiro atoms. The zero-order valence-electron chi connectivity index (χ0n) is 24.0. The molecule has 0 fully saturated rings. The fourth-order valence-electron chi connectivity index (χ4n) is 4.16. The van der Waals surface area contributed by atoms with Crippen molar-refractivity contribution in [2.24, 2.45) is 20.4 Å². The van der Waals surface area contributed by atoms with Crippen LogP contribution in [0.3, 0.4) is 0 Å². The molecule has 8 heteroatoms. The molecule has 216 valence electrons. The molecule has 8 rings (SSSR count). The molecule has 4 aromatic rings. The van der Waals surface area contributed by atoms with E-state index in [1.54, 1.807) is 24.9 Å². The Morgan fingerprint density at radius 1 is 0.295 bits per heavy atom. The Hall–Kier alpha value is -6.28. The molecular weight excluding hydrogens is 544 g/mol. The second kappa shape index (κ2) is 16.2. The Morgan fingerprint density at radius 3 is 0.773 bits per heavy atom. The Balaban J connectivity index is 0.000000116. The van der Waals surface area contributed by atoms with Crippen molar-refractivity contribution in [3.05, 3.63) is 144 Å². The average molecular weight is 577 g/mol. The topological polar surface area (TPSA) is 97.6 Å². The van der Waals surface area contributed by atoms with E-state index in [0.29, 0.717) is 0 Å². The van der Waals surface area contributed by atoms with Gasteiger partial charge < -0.3 is 0 Å². The van der Waals surface area contributed by atoms with E-state index in [9.17, 15) is 0 Å². The number of anilines is 4. The molecule has 4 N–H and O–H groups in total. The molecule has 0 saturated carbocycles. The number of hydrogen-bond donors (Lipinski definition) is 4. The number of fused-ring (bicyclic) bond motifs is 4. The van der Waals surface area contributed by atoms with Gasteiger partial charge in [-0.25, -0.2) is 0 Å². The van der Waals surface area contributed by atoms with Crippen LogP contribution in [-0.2, 0) is 0 Å². The van der Waals surface area contributed by atoms with Gasteiger partial charge in [0.2, 0.25) is 0 Å². The predicted molar refractivity (Wildman–Crippen MR) is 190 cm³/mol. The molecule has 0 bridgehead atoms. The Bertz CT molecular complexity index is 1510. The van der Waals surface area contributed by atoms with Crippen molar-refractivity contribution >= 4 is 71.9 Å². The number of benzene rings is 4. The summed E-state index contributed by atoms with van der Waals surface area (Å²) in [6, 6.07) is 32.2. The largest absolute Gasteiger partial charge is 0.278 e. The highest BCUT2D eigenvalue weighted by Gasteiger charge is 1.99. The lowest BCUT2D eigenvalue weighted by molar-refractivity contribution is 1.36. The molecule has 0 saturated heterocycles. The normalized spacial score (nSPS) is 13.5. The molecule has 4 aromatic carbocycles. The van der Waals surface area contributed by atoms with Crippen molar-refractivity contribution in [3.63, 3.8) is 0 Å². The molecule has 8 nitrogen and oxygen atoms in total. The van der Waals surface area contributed by atoms with Crippen molar-refractivity contribution < 1.29 is 0 Å². The van der Waals surface area contributed by atoms with Crippen LogP contribution in [0.1, 0.15) is 22.3 Å². The van der Waals surface area contributed by atoms with E-state index in [0.717, 1.165) is 22.7 Å². The fourth-order valence-corrected chi connectivity index (χ4v) is 4.16. The number of nitrogens with zero attached hydrogens (tertiary/aromatic N) is 4. The summed E-state index contributed by atoms with van der Waals surface area (Å²) in [5.74, 6) is 0. The summed E-state index contributed by atoms with van der Waals surface area (Å²) in [4.78, 5) is 0. The minimum atomic E-state index is 1.05. The van der Waals surface area contributed by atoms with Crippen LogP contribution in [0.15, 0.2) is 142 Å². The van der Waals surface area contributed by atoms with Gasteiger partial charge in [0.05, 0.1) is 22.7 Å². The van der Waals surface area contributed by atoms with Gasteiger partial charge in [-0.3, -0.25) is 21.7 Å². The Kier molecular flexibility index (Phi) is 10.8. The second-order valence-electron chi connectivity index (χ2n) is 9.35. The summed E-state index contributed by atoms with van der Waals surface area (Å²) in [7, 11) is 0. The predicted octanol–water partition coefficient (Wildman–Crippen LogP) is 8.44. The number of rotatable bonds is 0.